The van der Waals surface area contributed by atoms with Crippen LogP contribution >= 0.6 is 0 Å². The van der Waals surface area contributed by atoms with Gasteiger partial charge >= 0.3 is 6.18 Å². The van der Waals surface area contributed by atoms with E-state index in [1.54, 1.807) is 6.92 Å². The van der Waals surface area contributed by atoms with E-state index in [1.807, 2.05) is 0 Å². The molecule has 0 radical (unpaired) electrons. The Morgan fingerprint density at radius 2 is 1.97 bits per heavy atom. The van der Waals surface area contributed by atoms with Crippen LogP contribution in [-0.4, -0.2) is 38.3 Å². The normalized spacial score (nSPS) is 16.9. The maximum atomic E-state index is 14.5. The number of aromatic nitrogens is 1. The largest absolute Gasteiger partial charge is 0.471 e. The van der Waals surface area contributed by atoms with Crippen LogP contribution in [0.3, 0.4) is 0 Å². The van der Waals surface area contributed by atoms with Gasteiger partial charge in [0.2, 0.25) is 16.1 Å². The van der Waals surface area contributed by atoms with Gasteiger partial charge in [-0.25, -0.2) is 17.8 Å². The van der Waals surface area contributed by atoms with E-state index in [9.17, 15) is 30.8 Å². The molecule has 1 amide bonds. The molecule has 1 aliphatic heterocycles. The third-order valence-corrected chi connectivity index (χ3v) is 5.10. The van der Waals surface area contributed by atoms with Crippen LogP contribution < -0.4 is 19.5 Å². The lowest BCUT2D eigenvalue weighted by molar-refractivity contribution is -0.142. The molecule has 174 valence electrons. The summed E-state index contributed by atoms with van der Waals surface area (Å²) in [6, 6.07) is 3.28. The summed E-state index contributed by atoms with van der Waals surface area (Å²) in [7, 11) is -3.60. The average Bonchev–Trinajstić information content (AvgIpc) is 2.67. The number of carbonyl (C=O) groups is 1. The molecule has 0 aliphatic carbocycles. The van der Waals surface area contributed by atoms with Crippen LogP contribution in [-0.2, 0) is 21.0 Å². The maximum Gasteiger partial charge on any atom is 0.433 e. The number of sulfonamides is 1. The Bertz CT molecular complexity index is 1150. The van der Waals surface area contributed by atoms with Gasteiger partial charge in [0.15, 0.2) is 5.75 Å². The van der Waals surface area contributed by atoms with Crippen molar-refractivity contribution < 1.29 is 40.2 Å². The fraction of sp³-hybridized carbons (Fsp3) is 0.368. The van der Waals surface area contributed by atoms with Crippen LogP contribution in [0, 0.1) is 12.7 Å². The minimum absolute atomic E-state index is 0.0682. The Hall–Kier alpha value is -3.09. The maximum absolute atomic E-state index is 14.5. The summed E-state index contributed by atoms with van der Waals surface area (Å²) in [5, 5.41) is 2.55. The second-order valence-electron chi connectivity index (χ2n) is 7.21. The highest BCUT2D eigenvalue weighted by atomic mass is 32.2. The summed E-state index contributed by atoms with van der Waals surface area (Å²) >= 11 is 0. The number of rotatable bonds is 5. The molecule has 13 heteroatoms. The molecule has 0 saturated heterocycles. The van der Waals surface area contributed by atoms with Crippen LogP contribution in [0.15, 0.2) is 24.3 Å². The van der Waals surface area contributed by atoms with E-state index >= 15 is 0 Å². The molecule has 1 aliphatic rings. The van der Waals surface area contributed by atoms with Crippen molar-refractivity contribution in [2.45, 2.75) is 32.2 Å². The number of benzene rings is 1. The summed E-state index contributed by atoms with van der Waals surface area (Å²) in [5.74, 6) is -1.94. The van der Waals surface area contributed by atoms with Gasteiger partial charge in [0.05, 0.1) is 18.0 Å². The first kappa shape index (κ1) is 23.6. The van der Waals surface area contributed by atoms with Crippen LogP contribution in [0.2, 0.25) is 0 Å². The number of hydrogen-bond acceptors (Lipinski definition) is 6. The Kier molecular flexibility index (Phi) is 6.22. The number of ether oxygens (including phenoxy) is 2. The number of fused-ring (bicyclic) bond motifs is 1. The quantitative estimate of drug-likeness (QED) is 0.642. The average molecular weight is 477 g/mol. The first-order valence-electron chi connectivity index (χ1n) is 9.20. The number of nitrogens with zero attached hydrogens (tertiary/aromatic N) is 1. The first-order chi connectivity index (χ1) is 14.7. The van der Waals surface area contributed by atoms with Gasteiger partial charge in [-0.15, -0.1) is 0 Å². The molecule has 32 heavy (non-hydrogen) atoms. The minimum atomic E-state index is -4.66. The lowest BCUT2D eigenvalue weighted by Gasteiger charge is -2.27. The molecule has 2 unspecified atom stereocenters. The predicted octanol–water partition coefficient (Wildman–Crippen LogP) is 2.94. The fourth-order valence-electron chi connectivity index (χ4n) is 2.98. The van der Waals surface area contributed by atoms with Crippen molar-refractivity contribution in [2.75, 3.05) is 17.6 Å². The molecule has 0 bridgehead atoms. The number of halogens is 4. The van der Waals surface area contributed by atoms with Gasteiger partial charge in [-0.1, -0.05) is 0 Å². The second-order valence-corrected chi connectivity index (χ2v) is 8.96. The Balaban J connectivity index is 1.71. The summed E-state index contributed by atoms with van der Waals surface area (Å²) < 4.78 is 88.3. The molecule has 2 N–H and O–H groups in total. The molecular formula is C19H19F4N3O5S. The molecular weight excluding hydrogens is 458 g/mol. The number of nitrogens with one attached hydrogen (secondary N) is 2. The lowest BCUT2D eigenvalue weighted by atomic mass is 10.0. The molecule has 8 nitrogen and oxygen atoms in total. The molecule has 2 heterocycles. The van der Waals surface area contributed by atoms with Gasteiger partial charge in [0, 0.05) is 5.56 Å². The van der Waals surface area contributed by atoms with E-state index in [0.29, 0.717) is 11.6 Å². The number of carbonyl (C=O) groups excluding carboxylic acids is 1. The van der Waals surface area contributed by atoms with Crippen molar-refractivity contribution in [3.63, 3.8) is 0 Å². The van der Waals surface area contributed by atoms with Crippen LogP contribution in [0.5, 0.6) is 11.6 Å². The van der Waals surface area contributed by atoms with Crippen molar-refractivity contribution in [3.05, 3.63) is 46.9 Å². The molecule has 0 fully saturated rings. The topological polar surface area (TPSA) is 107 Å². The summed E-state index contributed by atoms with van der Waals surface area (Å²) in [4.78, 5) is 15.9. The molecule has 2 atom stereocenters. The zero-order valence-electron chi connectivity index (χ0n) is 17.1. The highest BCUT2D eigenvalue weighted by molar-refractivity contribution is 7.92. The summed E-state index contributed by atoms with van der Waals surface area (Å²) in [6.07, 6.45) is -4.92. The Labute approximate surface area is 181 Å². The highest BCUT2D eigenvalue weighted by Crippen LogP contribution is 2.35. The van der Waals surface area contributed by atoms with Crippen molar-refractivity contribution in [2.24, 2.45) is 0 Å². The van der Waals surface area contributed by atoms with Crippen LogP contribution in [0.25, 0.3) is 0 Å². The van der Waals surface area contributed by atoms with Crippen molar-refractivity contribution in [1.82, 2.24) is 10.3 Å². The molecule has 0 saturated carbocycles. The summed E-state index contributed by atoms with van der Waals surface area (Å²) in [5.41, 5.74) is -0.552. The third kappa shape index (κ3) is 5.39. The molecule has 1 aromatic heterocycles. The highest BCUT2D eigenvalue weighted by Gasteiger charge is 2.36. The van der Waals surface area contributed by atoms with Gasteiger partial charge in [-0.05, 0) is 43.7 Å². The van der Waals surface area contributed by atoms with Gasteiger partial charge < -0.3 is 14.8 Å². The minimum Gasteiger partial charge on any atom is -0.471 e. The van der Waals surface area contributed by atoms with Crippen molar-refractivity contribution >= 4 is 21.6 Å². The zero-order chi connectivity index (χ0) is 23.8. The van der Waals surface area contributed by atoms with E-state index in [4.69, 9.17) is 9.47 Å². The molecule has 2 aromatic rings. The van der Waals surface area contributed by atoms with Crippen LogP contribution in [0.4, 0.5) is 23.2 Å². The molecule has 1 aromatic carbocycles. The smallest absolute Gasteiger partial charge is 0.433 e. The SMILES string of the molecule is Cc1cc(C(C)NC(=O)C2COc3nc(C(F)(F)F)ccc3O2)c(F)cc1NS(C)(=O)=O. The number of aryl methyl sites for hydroxylation is 1. The van der Waals surface area contributed by atoms with Gasteiger partial charge in [0.1, 0.15) is 18.1 Å². The number of alkyl halides is 3. The van der Waals surface area contributed by atoms with E-state index in [2.05, 4.69) is 15.0 Å². The van der Waals surface area contributed by atoms with E-state index in [1.165, 1.54) is 13.0 Å². The fourth-order valence-corrected chi connectivity index (χ4v) is 3.60. The monoisotopic (exact) mass is 477 g/mol. The van der Waals surface area contributed by atoms with Gasteiger partial charge in [-0.2, -0.15) is 13.2 Å². The Morgan fingerprint density at radius 3 is 2.59 bits per heavy atom. The first-order valence-corrected chi connectivity index (χ1v) is 11.1. The summed E-state index contributed by atoms with van der Waals surface area (Å²) in [6.45, 7) is 2.69. The number of pyridine rings is 1. The standard InChI is InChI=1S/C19H19F4N3O5S/c1-9-6-11(12(20)7-13(9)26-32(3,28)29)10(2)24-17(27)15-8-30-18-14(31-15)4-5-16(25-18)19(21,22)23/h4-7,10,15,26H,8H2,1-3H3,(H,24,27). The lowest BCUT2D eigenvalue weighted by Crippen LogP contribution is -2.45. The van der Waals surface area contributed by atoms with Crippen LogP contribution in [0.1, 0.15) is 29.8 Å². The second kappa shape index (κ2) is 8.45. The van der Waals surface area contributed by atoms with E-state index < -0.39 is 52.4 Å². The van der Waals surface area contributed by atoms with Crippen molar-refractivity contribution in [1.29, 1.82) is 0 Å². The zero-order valence-corrected chi connectivity index (χ0v) is 17.9. The molecule has 3 rings (SSSR count). The third-order valence-electron chi connectivity index (χ3n) is 4.51. The van der Waals surface area contributed by atoms with E-state index in [0.717, 1.165) is 18.4 Å². The van der Waals surface area contributed by atoms with E-state index in [-0.39, 0.29) is 22.9 Å². The number of anilines is 1. The van der Waals surface area contributed by atoms with Gasteiger partial charge in [0.25, 0.3) is 11.8 Å². The predicted molar refractivity (Wildman–Crippen MR) is 105 cm³/mol. The number of amides is 1. The number of hydrogen-bond donors (Lipinski definition) is 2. The Morgan fingerprint density at radius 1 is 1.28 bits per heavy atom. The molecule has 0 spiro atoms. The van der Waals surface area contributed by atoms with Gasteiger partial charge in [-0.3, -0.25) is 9.52 Å². The van der Waals surface area contributed by atoms with Crippen molar-refractivity contribution in [3.8, 4) is 11.6 Å².